The van der Waals surface area contributed by atoms with Crippen molar-refractivity contribution in [2.75, 3.05) is 19.8 Å². The third-order valence-corrected chi connectivity index (χ3v) is 7.09. The van der Waals surface area contributed by atoms with Gasteiger partial charge in [-0.3, -0.25) is 0 Å². The molecule has 0 amide bonds. The Labute approximate surface area is 181 Å². The molecule has 0 atom stereocenters. The van der Waals surface area contributed by atoms with Crippen LogP contribution in [0.4, 0.5) is 4.39 Å². The van der Waals surface area contributed by atoms with Crippen molar-refractivity contribution in [3.8, 4) is 22.9 Å². The highest BCUT2D eigenvalue weighted by Gasteiger charge is 2.20. The van der Waals surface area contributed by atoms with Gasteiger partial charge in [0.1, 0.15) is 19.0 Å². The number of hydrogen-bond acceptors (Lipinski definition) is 7. The van der Waals surface area contributed by atoms with Crippen LogP contribution in [0, 0.1) is 5.82 Å². The first-order chi connectivity index (χ1) is 15.0. The molecule has 4 aromatic rings. The third kappa shape index (κ3) is 3.87. The largest absolute Gasteiger partial charge is 0.486 e. The monoisotopic (exact) mass is 460 g/mol. The van der Waals surface area contributed by atoms with Crippen molar-refractivity contribution < 1.29 is 22.3 Å². The first kappa shape index (κ1) is 19.9. The average Bonchev–Trinajstić information content (AvgIpc) is 3.35. The van der Waals surface area contributed by atoms with Crippen molar-refractivity contribution >= 4 is 26.3 Å². The summed E-state index contributed by atoms with van der Waals surface area (Å²) in [6.07, 6.45) is 0.393. The quantitative estimate of drug-likeness (QED) is 0.476. The highest BCUT2D eigenvalue weighted by atomic mass is 32.2. The zero-order valence-electron chi connectivity index (χ0n) is 16.1. The van der Waals surface area contributed by atoms with Gasteiger partial charge in [0.05, 0.1) is 16.2 Å². The Hall–Kier alpha value is -3.02. The van der Waals surface area contributed by atoms with Crippen LogP contribution in [-0.2, 0) is 16.4 Å². The molecule has 3 heterocycles. The Morgan fingerprint density at radius 2 is 1.94 bits per heavy atom. The minimum Gasteiger partial charge on any atom is -0.486 e. The molecule has 31 heavy (non-hydrogen) atoms. The second kappa shape index (κ2) is 7.91. The summed E-state index contributed by atoms with van der Waals surface area (Å²) >= 11 is 1.36. The lowest BCUT2D eigenvalue weighted by molar-refractivity contribution is 0.171. The van der Waals surface area contributed by atoms with Crippen molar-refractivity contribution in [2.24, 2.45) is 0 Å². The highest BCUT2D eigenvalue weighted by molar-refractivity contribution is 7.89. The van der Waals surface area contributed by atoms with Gasteiger partial charge in [-0.05, 0) is 24.3 Å². The number of nitrogens with one attached hydrogen (secondary N) is 1. The number of halogens is 1. The van der Waals surface area contributed by atoms with Gasteiger partial charge < -0.3 is 9.47 Å². The van der Waals surface area contributed by atoms with Gasteiger partial charge in [-0.25, -0.2) is 22.0 Å². The summed E-state index contributed by atoms with van der Waals surface area (Å²) in [5, 5.41) is 6.25. The van der Waals surface area contributed by atoms with E-state index in [2.05, 4.69) is 14.8 Å². The van der Waals surface area contributed by atoms with Crippen LogP contribution in [-0.4, -0.2) is 42.8 Å². The van der Waals surface area contributed by atoms with Gasteiger partial charge in [-0.1, -0.05) is 12.1 Å². The van der Waals surface area contributed by atoms with Crippen molar-refractivity contribution in [1.29, 1.82) is 0 Å². The molecule has 160 valence electrons. The summed E-state index contributed by atoms with van der Waals surface area (Å²) < 4.78 is 54.4. The normalized spacial score (nSPS) is 13.6. The molecule has 0 spiro atoms. The number of thiazole rings is 1. The average molecular weight is 461 g/mol. The lowest BCUT2D eigenvalue weighted by Crippen LogP contribution is -2.26. The molecule has 0 unspecified atom stereocenters. The van der Waals surface area contributed by atoms with Crippen LogP contribution >= 0.6 is 11.3 Å². The molecule has 2 aromatic heterocycles. The number of sulfonamides is 1. The number of hydrogen-bond donors (Lipinski definition) is 1. The van der Waals surface area contributed by atoms with Crippen molar-refractivity contribution in [2.45, 2.75) is 11.3 Å². The molecule has 1 N–H and O–H groups in total. The number of nitrogens with zero attached hydrogens (tertiary/aromatic N) is 3. The van der Waals surface area contributed by atoms with E-state index < -0.39 is 15.8 Å². The smallest absolute Gasteiger partial charge is 0.240 e. The molecule has 0 aliphatic carbocycles. The summed E-state index contributed by atoms with van der Waals surface area (Å²) in [7, 11) is -3.72. The molecule has 8 nitrogen and oxygen atoms in total. The Morgan fingerprint density at radius 1 is 1.13 bits per heavy atom. The summed E-state index contributed by atoms with van der Waals surface area (Å²) in [5.74, 6) is 0.845. The van der Waals surface area contributed by atoms with Crippen LogP contribution < -0.4 is 14.2 Å². The van der Waals surface area contributed by atoms with Crippen LogP contribution in [0.1, 0.15) is 5.69 Å². The predicted octanol–water partition coefficient (Wildman–Crippen LogP) is 2.89. The molecular formula is C20H17FN4O4S2. The van der Waals surface area contributed by atoms with Crippen LogP contribution in [0.5, 0.6) is 11.5 Å². The van der Waals surface area contributed by atoms with E-state index in [9.17, 15) is 12.8 Å². The minimum absolute atomic E-state index is 0.106. The topological polar surface area (TPSA) is 94.8 Å². The Kier molecular flexibility index (Phi) is 5.08. The molecule has 0 fully saturated rings. The van der Waals surface area contributed by atoms with Crippen LogP contribution in [0.3, 0.4) is 0 Å². The summed E-state index contributed by atoms with van der Waals surface area (Å²) in [5.41, 5.74) is 1.10. The number of benzene rings is 2. The summed E-state index contributed by atoms with van der Waals surface area (Å²) in [6, 6.07) is 10.8. The molecule has 2 aromatic carbocycles. The maximum Gasteiger partial charge on any atom is 0.240 e. The predicted molar refractivity (Wildman–Crippen MR) is 113 cm³/mol. The molecular weight excluding hydrogens is 443 g/mol. The molecule has 0 saturated heterocycles. The van der Waals surface area contributed by atoms with E-state index in [1.165, 1.54) is 29.5 Å². The zero-order valence-corrected chi connectivity index (χ0v) is 17.7. The molecule has 0 saturated carbocycles. The minimum atomic E-state index is -3.72. The molecule has 1 aliphatic heterocycles. The summed E-state index contributed by atoms with van der Waals surface area (Å²) in [6.45, 7) is 0.982. The molecule has 11 heteroatoms. The van der Waals surface area contributed by atoms with Crippen LogP contribution in [0.2, 0.25) is 0 Å². The maximum atomic E-state index is 14.0. The number of fused-ring (bicyclic) bond motifs is 2. The Morgan fingerprint density at radius 3 is 2.77 bits per heavy atom. The molecule has 0 radical (unpaired) electrons. The van der Waals surface area contributed by atoms with Crippen LogP contribution in [0.25, 0.3) is 16.3 Å². The number of rotatable bonds is 6. The van der Waals surface area contributed by atoms with E-state index in [1.54, 1.807) is 28.8 Å². The highest BCUT2D eigenvalue weighted by Crippen LogP contribution is 2.32. The Balaban J connectivity index is 1.30. The SMILES string of the molecule is O=S(=O)(NCCc1csc2nc(-c3ccccc3F)nn12)c1ccc2c(c1)OCCO2. The Bertz CT molecular complexity index is 1370. The molecule has 0 bridgehead atoms. The zero-order chi connectivity index (χ0) is 21.4. The van der Waals surface area contributed by atoms with Gasteiger partial charge in [-0.15, -0.1) is 16.4 Å². The second-order valence-electron chi connectivity index (χ2n) is 6.79. The van der Waals surface area contributed by atoms with Gasteiger partial charge in [-0.2, -0.15) is 4.98 Å². The van der Waals surface area contributed by atoms with E-state index in [1.807, 2.05) is 5.38 Å². The first-order valence-electron chi connectivity index (χ1n) is 9.49. The van der Waals surface area contributed by atoms with Gasteiger partial charge in [0.25, 0.3) is 0 Å². The van der Waals surface area contributed by atoms with E-state index in [4.69, 9.17) is 9.47 Å². The lowest BCUT2D eigenvalue weighted by atomic mass is 10.2. The molecule has 5 rings (SSSR count). The van der Waals surface area contributed by atoms with E-state index in [0.717, 1.165) is 5.69 Å². The fourth-order valence-corrected chi connectivity index (χ4v) is 5.14. The fourth-order valence-electron chi connectivity index (χ4n) is 3.24. The van der Waals surface area contributed by atoms with Gasteiger partial charge in [0.2, 0.25) is 15.0 Å². The van der Waals surface area contributed by atoms with Crippen molar-refractivity contribution in [3.63, 3.8) is 0 Å². The van der Waals surface area contributed by atoms with E-state index in [0.29, 0.717) is 47.5 Å². The van der Waals surface area contributed by atoms with Gasteiger partial charge in [0.15, 0.2) is 17.3 Å². The number of ether oxygens (including phenoxy) is 2. The van der Waals surface area contributed by atoms with Gasteiger partial charge in [0, 0.05) is 24.4 Å². The molecule has 1 aliphatic rings. The van der Waals surface area contributed by atoms with Crippen LogP contribution in [0.15, 0.2) is 52.7 Å². The first-order valence-corrected chi connectivity index (χ1v) is 11.8. The summed E-state index contributed by atoms with van der Waals surface area (Å²) in [4.78, 5) is 5.10. The standard InChI is InChI=1S/C20H17FN4O4S2/c21-16-4-2-1-3-15(16)19-23-20-25(24-19)13(12-30-20)7-8-22-31(26,27)14-5-6-17-18(11-14)29-10-9-28-17/h1-6,11-12,22H,7-10H2. The third-order valence-electron chi connectivity index (χ3n) is 4.76. The van der Waals surface area contributed by atoms with E-state index >= 15 is 0 Å². The number of aromatic nitrogens is 3. The van der Waals surface area contributed by atoms with Crippen molar-refractivity contribution in [3.05, 3.63) is 59.4 Å². The van der Waals surface area contributed by atoms with E-state index in [-0.39, 0.29) is 11.4 Å². The van der Waals surface area contributed by atoms with Gasteiger partial charge >= 0.3 is 0 Å². The lowest BCUT2D eigenvalue weighted by Gasteiger charge is -2.18. The van der Waals surface area contributed by atoms with Crippen molar-refractivity contribution in [1.82, 2.24) is 19.3 Å². The maximum absolute atomic E-state index is 14.0. The second-order valence-corrected chi connectivity index (χ2v) is 9.39. The fraction of sp³-hybridized carbons (Fsp3) is 0.200.